The number of rotatable bonds is 5. The van der Waals surface area contributed by atoms with Gasteiger partial charge in [-0.15, -0.1) is 11.3 Å². The van der Waals surface area contributed by atoms with Crippen molar-refractivity contribution in [2.75, 3.05) is 13.6 Å². The van der Waals surface area contributed by atoms with Gasteiger partial charge < -0.3 is 21.5 Å². The van der Waals surface area contributed by atoms with Gasteiger partial charge in [-0.1, -0.05) is 6.07 Å². The molecule has 0 bridgehead atoms. The van der Waals surface area contributed by atoms with E-state index in [0.717, 1.165) is 0 Å². The summed E-state index contributed by atoms with van der Waals surface area (Å²) in [5, 5.41) is 4.91. The highest BCUT2D eigenvalue weighted by Crippen LogP contribution is 2.26. The zero-order chi connectivity index (χ0) is 15.2. The minimum absolute atomic E-state index is 0.0568. The molecule has 0 aromatic carbocycles. The van der Waals surface area contributed by atoms with Gasteiger partial charge in [-0.25, -0.2) is 9.97 Å². The molecule has 2 aromatic heterocycles. The number of aliphatic imine (C=N–C) groups is 1. The number of thiazole rings is 1. The molecule has 0 amide bonds. The molecule has 2 aromatic rings. The predicted molar refractivity (Wildman–Crippen MR) is 80.4 cm³/mol. The first-order valence-corrected chi connectivity index (χ1v) is 6.84. The van der Waals surface area contributed by atoms with Crippen molar-refractivity contribution < 1.29 is 9.53 Å². The highest BCUT2D eigenvalue weighted by Gasteiger charge is 2.09. The van der Waals surface area contributed by atoms with Crippen LogP contribution in [0.5, 0.6) is 5.88 Å². The first-order valence-electron chi connectivity index (χ1n) is 5.96. The molecule has 0 atom stereocenters. The monoisotopic (exact) mass is 306 g/mol. The molecule has 0 aliphatic carbocycles. The third kappa shape index (κ3) is 4.23. The molecule has 0 radical (unpaired) electrons. The van der Waals surface area contributed by atoms with Crippen molar-refractivity contribution in [1.82, 2.24) is 15.3 Å². The number of hydrogen-bond acceptors (Lipinski definition) is 7. The van der Waals surface area contributed by atoms with Gasteiger partial charge in [0.2, 0.25) is 11.0 Å². The van der Waals surface area contributed by atoms with Crippen molar-refractivity contribution in [1.29, 1.82) is 0 Å². The second-order valence-electron chi connectivity index (χ2n) is 3.92. The minimum Gasteiger partial charge on any atom is -0.406 e. The average Bonchev–Trinajstić information content (AvgIpc) is 2.87. The van der Waals surface area contributed by atoms with E-state index in [2.05, 4.69) is 20.3 Å². The van der Waals surface area contributed by atoms with E-state index < -0.39 is 5.97 Å². The van der Waals surface area contributed by atoms with E-state index in [1.807, 2.05) is 0 Å². The summed E-state index contributed by atoms with van der Waals surface area (Å²) in [5.74, 6) is -0.260. The van der Waals surface area contributed by atoms with E-state index in [1.165, 1.54) is 11.3 Å². The molecular weight excluding hydrogens is 292 g/mol. The molecule has 0 saturated carbocycles. The quantitative estimate of drug-likeness (QED) is 0.410. The number of nitrogens with one attached hydrogen (secondary N) is 1. The first-order chi connectivity index (χ1) is 10.1. The van der Waals surface area contributed by atoms with E-state index >= 15 is 0 Å². The van der Waals surface area contributed by atoms with Crippen LogP contribution >= 0.6 is 11.3 Å². The number of carbonyl (C=O) groups excluding carboxylic acids is 1. The maximum atomic E-state index is 11.4. The van der Waals surface area contributed by atoms with Crippen LogP contribution in [0.4, 0.5) is 5.13 Å². The SMILES string of the molecule is CNCC(=O)Oc1cccc(-c2csc(N=C(N)N)n2)n1. The van der Waals surface area contributed by atoms with Crippen LogP contribution < -0.4 is 21.5 Å². The van der Waals surface area contributed by atoms with Crippen molar-refractivity contribution in [3.05, 3.63) is 23.6 Å². The van der Waals surface area contributed by atoms with E-state index in [-0.39, 0.29) is 18.4 Å². The lowest BCUT2D eigenvalue weighted by atomic mass is 10.3. The second-order valence-corrected chi connectivity index (χ2v) is 4.75. The summed E-state index contributed by atoms with van der Waals surface area (Å²) in [7, 11) is 1.66. The molecule has 0 saturated heterocycles. The molecule has 0 unspecified atom stereocenters. The van der Waals surface area contributed by atoms with E-state index in [9.17, 15) is 4.79 Å². The van der Waals surface area contributed by atoms with Gasteiger partial charge in [-0.2, -0.15) is 4.99 Å². The molecular formula is C12H14N6O2S. The second kappa shape index (κ2) is 6.77. The molecule has 8 nitrogen and oxygen atoms in total. The Hall–Kier alpha value is -2.52. The number of nitrogens with zero attached hydrogens (tertiary/aromatic N) is 3. The maximum Gasteiger partial charge on any atom is 0.326 e. The Morgan fingerprint density at radius 1 is 1.38 bits per heavy atom. The summed E-state index contributed by atoms with van der Waals surface area (Å²) in [4.78, 5) is 23.7. The van der Waals surface area contributed by atoms with Crippen molar-refractivity contribution in [2.24, 2.45) is 16.5 Å². The summed E-state index contributed by atoms with van der Waals surface area (Å²) < 4.78 is 5.08. The van der Waals surface area contributed by atoms with E-state index in [1.54, 1.807) is 30.6 Å². The Labute approximate surface area is 124 Å². The number of hydrogen-bond donors (Lipinski definition) is 3. The van der Waals surface area contributed by atoms with Crippen molar-refractivity contribution in [3.63, 3.8) is 0 Å². The minimum atomic E-state index is -0.415. The number of ether oxygens (including phenoxy) is 1. The van der Waals surface area contributed by atoms with Crippen molar-refractivity contribution >= 4 is 28.4 Å². The van der Waals surface area contributed by atoms with Crippen LogP contribution in [0.25, 0.3) is 11.4 Å². The van der Waals surface area contributed by atoms with E-state index in [4.69, 9.17) is 16.2 Å². The smallest absolute Gasteiger partial charge is 0.326 e. The highest BCUT2D eigenvalue weighted by atomic mass is 32.1. The van der Waals surface area contributed by atoms with Gasteiger partial charge in [0, 0.05) is 11.4 Å². The normalized spacial score (nSPS) is 10.1. The molecule has 0 aliphatic rings. The van der Waals surface area contributed by atoms with Crippen LogP contribution in [0, 0.1) is 0 Å². The predicted octanol–water partition coefficient (Wildman–Crippen LogP) is 0.235. The van der Waals surface area contributed by atoms with Gasteiger partial charge in [-0.05, 0) is 13.1 Å². The molecule has 110 valence electrons. The van der Waals surface area contributed by atoms with Gasteiger partial charge in [-0.3, -0.25) is 4.79 Å². The van der Waals surface area contributed by atoms with Crippen LogP contribution in [-0.2, 0) is 4.79 Å². The molecule has 9 heteroatoms. The summed E-state index contributed by atoms with van der Waals surface area (Å²) in [6.45, 7) is 0.108. The van der Waals surface area contributed by atoms with Gasteiger partial charge in [0.05, 0.1) is 12.2 Å². The maximum absolute atomic E-state index is 11.4. The Morgan fingerprint density at radius 3 is 2.90 bits per heavy atom. The number of pyridine rings is 1. The highest BCUT2D eigenvalue weighted by molar-refractivity contribution is 7.13. The number of guanidine groups is 1. The van der Waals surface area contributed by atoms with Gasteiger partial charge in [0.25, 0.3) is 0 Å². The lowest BCUT2D eigenvalue weighted by Crippen LogP contribution is -2.23. The number of esters is 1. The summed E-state index contributed by atoms with van der Waals surface area (Å²) in [6.07, 6.45) is 0. The molecule has 2 heterocycles. The van der Waals surface area contributed by atoms with Crippen LogP contribution in [0.1, 0.15) is 0 Å². The number of aromatic nitrogens is 2. The van der Waals surface area contributed by atoms with Gasteiger partial charge >= 0.3 is 5.97 Å². The fourth-order valence-electron chi connectivity index (χ4n) is 1.46. The van der Waals surface area contributed by atoms with Gasteiger partial charge in [0.1, 0.15) is 5.69 Å². The summed E-state index contributed by atoms with van der Waals surface area (Å²) in [6, 6.07) is 5.08. The average molecular weight is 306 g/mol. The molecule has 5 N–H and O–H groups in total. The van der Waals surface area contributed by atoms with Crippen LogP contribution in [0.2, 0.25) is 0 Å². The Morgan fingerprint density at radius 2 is 2.19 bits per heavy atom. The first kappa shape index (κ1) is 14.9. The Balaban J connectivity index is 2.19. The Bertz CT molecular complexity index is 665. The lowest BCUT2D eigenvalue weighted by molar-refractivity contribution is -0.133. The third-order valence-electron chi connectivity index (χ3n) is 2.24. The Kier molecular flexibility index (Phi) is 4.80. The number of likely N-dealkylation sites (N-methyl/N-ethyl adjacent to an activating group) is 1. The zero-order valence-electron chi connectivity index (χ0n) is 11.2. The lowest BCUT2D eigenvalue weighted by Gasteiger charge is -2.03. The standard InChI is InChI=1S/C12H14N6O2S/c1-15-5-10(19)20-9-4-2-3-7(16-9)8-6-21-12(17-8)18-11(13)14/h2-4,6,15H,5H2,1H3,(H4,13,14,17,18). The zero-order valence-corrected chi connectivity index (χ0v) is 12.1. The molecule has 0 spiro atoms. The number of carbonyl (C=O) groups is 1. The number of nitrogens with two attached hydrogens (primary N) is 2. The summed E-state index contributed by atoms with van der Waals surface area (Å²) >= 11 is 1.28. The molecule has 21 heavy (non-hydrogen) atoms. The van der Waals surface area contributed by atoms with Crippen molar-refractivity contribution in [3.8, 4) is 17.3 Å². The topological polar surface area (TPSA) is 129 Å². The van der Waals surface area contributed by atoms with Crippen molar-refractivity contribution in [2.45, 2.75) is 0 Å². The van der Waals surface area contributed by atoms with E-state index in [0.29, 0.717) is 16.5 Å². The fourth-order valence-corrected chi connectivity index (χ4v) is 2.15. The largest absolute Gasteiger partial charge is 0.406 e. The molecule has 0 aliphatic heterocycles. The molecule has 2 rings (SSSR count). The van der Waals surface area contributed by atoms with Crippen LogP contribution in [0.15, 0.2) is 28.6 Å². The summed E-state index contributed by atoms with van der Waals surface area (Å²) in [5.41, 5.74) is 11.8. The fraction of sp³-hybridized carbons (Fsp3) is 0.167. The third-order valence-corrected chi connectivity index (χ3v) is 2.98. The molecule has 0 fully saturated rings. The van der Waals surface area contributed by atoms with Crippen LogP contribution in [0.3, 0.4) is 0 Å². The van der Waals surface area contributed by atoms with Gasteiger partial charge in [0.15, 0.2) is 5.96 Å². The van der Waals surface area contributed by atoms with Crippen LogP contribution in [-0.4, -0.2) is 35.5 Å².